The highest BCUT2D eigenvalue weighted by molar-refractivity contribution is 5.83. The lowest BCUT2D eigenvalue weighted by Gasteiger charge is -2.06. The average molecular weight is 226 g/mol. The largest absolute Gasteiger partial charge is 0.457 e. The zero-order valence-electron chi connectivity index (χ0n) is 9.00. The normalized spacial score (nSPS) is 9.65. The molecule has 0 aliphatic heterocycles. The molecule has 2 aromatic carbocycles. The Morgan fingerprint density at radius 1 is 0.765 bits per heavy atom. The van der Waals surface area contributed by atoms with Crippen LogP contribution in [0.5, 0.6) is 11.5 Å². The first-order valence-corrected chi connectivity index (χ1v) is 5.10. The molecule has 0 amide bonds. The average Bonchev–Trinajstić information content (AvgIpc) is 2.39. The van der Waals surface area contributed by atoms with Gasteiger partial charge in [-0.25, -0.2) is 0 Å². The summed E-state index contributed by atoms with van der Waals surface area (Å²) in [6, 6.07) is 13.9. The molecule has 0 atom stereocenters. The number of carbonyl (C=O) groups is 2. The van der Waals surface area contributed by atoms with Crippen molar-refractivity contribution in [3.8, 4) is 11.5 Å². The number of ether oxygens (including phenoxy) is 1. The lowest BCUT2D eigenvalue weighted by molar-refractivity contribution is 0.112. The summed E-state index contributed by atoms with van der Waals surface area (Å²) in [5, 5.41) is 0. The van der Waals surface area contributed by atoms with Crippen LogP contribution in [0.4, 0.5) is 0 Å². The van der Waals surface area contributed by atoms with Gasteiger partial charge in [0.1, 0.15) is 24.1 Å². The number of rotatable bonds is 4. The van der Waals surface area contributed by atoms with Gasteiger partial charge in [-0.05, 0) is 30.3 Å². The Bertz CT molecular complexity index is 506. The van der Waals surface area contributed by atoms with E-state index in [2.05, 4.69) is 0 Å². The molecule has 0 aromatic heterocycles. The lowest BCUT2D eigenvalue weighted by Crippen LogP contribution is -1.90. The minimum absolute atomic E-state index is 0.417. The fourth-order valence-electron chi connectivity index (χ4n) is 1.47. The minimum atomic E-state index is 0.417. The molecule has 0 unspecified atom stereocenters. The summed E-state index contributed by atoms with van der Waals surface area (Å²) in [5.41, 5.74) is 0.834. The van der Waals surface area contributed by atoms with Crippen molar-refractivity contribution in [3.63, 3.8) is 0 Å². The molecule has 0 saturated carbocycles. The van der Waals surface area contributed by atoms with Gasteiger partial charge in [0.25, 0.3) is 0 Å². The van der Waals surface area contributed by atoms with Crippen LogP contribution < -0.4 is 4.74 Å². The van der Waals surface area contributed by atoms with Gasteiger partial charge in [0.15, 0.2) is 0 Å². The van der Waals surface area contributed by atoms with Crippen molar-refractivity contribution in [2.75, 3.05) is 0 Å². The van der Waals surface area contributed by atoms with E-state index in [1.54, 1.807) is 24.3 Å². The summed E-state index contributed by atoms with van der Waals surface area (Å²) >= 11 is 0. The van der Waals surface area contributed by atoms with Crippen LogP contribution in [-0.4, -0.2) is 12.6 Å². The van der Waals surface area contributed by atoms with E-state index in [9.17, 15) is 9.59 Å². The van der Waals surface area contributed by atoms with Crippen molar-refractivity contribution in [2.24, 2.45) is 0 Å². The Kier molecular flexibility index (Phi) is 3.31. The number of benzene rings is 2. The zero-order chi connectivity index (χ0) is 12.1. The smallest absolute Gasteiger partial charge is 0.150 e. The molecule has 2 aromatic rings. The molecule has 0 spiro atoms. The van der Waals surface area contributed by atoms with E-state index in [1.165, 1.54) is 6.07 Å². The molecule has 0 aliphatic carbocycles. The van der Waals surface area contributed by atoms with Gasteiger partial charge in [0.2, 0.25) is 0 Å². The maximum absolute atomic E-state index is 10.7. The Morgan fingerprint density at radius 3 is 1.88 bits per heavy atom. The second kappa shape index (κ2) is 5.07. The second-order valence-electron chi connectivity index (χ2n) is 3.49. The van der Waals surface area contributed by atoms with Gasteiger partial charge in [-0.15, -0.1) is 0 Å². The molecule has 3 heteroatoms. The van der Waals surface area contributed by atoms with Crippen molar-refractivity contribution < 1.29 is 14.3 Å². The molecule has 2 rings (SSSR count). The quantitative estimate of drug-likeness (QED) is 0.752. The molecule has 0 heterocycles. The highest BCUT2D eigenvalue weighted by Gasteiger charge is 2.02. The van der Waals surface area contributed by atoms with E-state index >= 15 is 0 Å². The predicted octanol–water partition coefficient (Wildman–Crippen LogP) is 3.10. The number of carbonyl (C=O) groups excluding carboxylic acids is 2. The SMILES string of the molecule is O=Cc1cc(C=O)cc(Oc2ccccc2)c1. The Labute approximate surface area is 98.7 Å². The number of hydrogen-bond acceptors (Lipinski definition) is 3. The summed E-state index contributed by atoms with van der Waals surface area (Å²) in [4.78, 5) is 21.4. The first kappa shape index (κ1) is 11.1. The fraction of sp³-hybridized carbons (Fsp3) is 0. The van der Waals surface area contributed by atoms with Gasteiger partial charge in [0.05, 0.1) is 0 Å². The highest BCUT2D eigenvalue weighted by atomic mass is 16.5. The molecule has 0 fully saturated rings. The van der Waals surface area contributed by atoms with E-state index < -0.39 is 0 Å². The summed E-state index contributed by atoms with van der Waals surface area (Å²) in [6.45, 7) is 0. The van der Waals surface area contributed by atoms with Gasteiger partial charge < -0.3 is 4.74 Å². The molecular formula is C14H10O3. The van der Waals surface area contributed by atoms with Crippen LogP contribution in [0.2, 0.25) is 0 Å². The molecular weight excluding hydrogens is 216 g/mol. The first-order valence-electron chi connectivity index (χ1n) is 5.10. The van der Waals surface area contributed by atoms with Gasteiger partial charge in [-0.3, -0.25) is 9.59 Å². The molecule has 0 N–H and O–H groups in total. The predicted molar refractivity (Wildman–Crippen MR) is 63.7 cm³/mol. The third-order valence-electron chi connectivity index (χ3n) is 2.20. The molecule has 84 valence electrons. The third-order valence-corrected chi connectivity index (χ3v) is 2.20. The van der Waals surface area contributed by atoms with Crippen molar-refractivity contribution in [3.05, 3.63) is 59.7 Å². The molecule has 0 bridgehead atoms. The zero-order valence-corrected chi connectivity index (χ0v) is 9.00. The molecule has 3 nitrogen and oxygen atoms in total. The molecule has 0 aliphatic rings. The Morgan fingerprint density at radius 2 is 1.35 bits per heavy atom. The van der Waals surface area contributed by atoms with E-state index in [4.69, 9.17) is 4.74 Å². The van der Waals surface area contributed by atoms with Crippen LogP contribution in [0, 0.1) is 0 Å². The number of hydrogen-bond donors (Lipinski definition) is 0. The molecule has 17 heavy (non-hydrogen) atoms. The van der Waals surface area contributed by atoms with Crippen molar-refractivity contribution in [2.45, 2.75) is 0 Å². The summed E-state index contributed by atoms with van der Waals surface area (Å²) < 4.78 is 5.55. The number of aldehydes is 2. The Hall–Kier alpha value is -2.42. The van der Waals surface area contributed by atoms with Crippen molar-refractivity contribution in [1.82, 2.24) is 0 Å². The van der Waals surface area contributed by atoms with Crippen LogP contribution in [0.25, 0.3) is 0 Å². The maximum atomic E-state index is 10.7. The van der Waals surface area contributed by atoms with Crippen LogP contribution in [0.1, 0.15) is 20.7 Å². The minimum Gasteiger partial charge on any atom is -0.457 e. The first-order chi connectivity index (χ1) is 8.31. The van der Waals surface area contributed by atoms with Crippen LogP contribution in [0.3, 0.4) is 0 Å². The van der Waals surface area contributed by atoms with Gasteiger partial charge in [0, 0.05) is 11.1 Å². The van der Waals surface area contributed by atoms with Crippen molar-refractivity contribution in [1.29, 1.82) is 0 Å². The van der Waals surface area contributed by atoms with Gasteiger partial charge >= 0.3 is 0 Å². The van der Waals surface area contributed by atoms with E-state index in [1.807, 2.05) is 18.2 Å². The van der Waals surface area contributed by atoms with Crippen LogP contribution in [-0.2, 0) is 0 Å². The fourth-order valence-corrected chi connectivity index (χ4v) is 1.47. The van der Waals surface area contributed by atoms with Crippen molar-refractivity contribution >= 4 is 12.6 Å². The highest BCUT2D eigenvalue weighted by Crippen LogP contribution is 2.22. The topological polar surface area (TPSA) is 43.4 Å². The monoisotopic (exact) mass is 226 g/mol. The molecule has 0 saturated heterocycles. The van der Waals surface area contributed by atoms with Gasteiger partial charge in [-0.2, -0.15) is 0 Å². The van der Waals surface area contributed by atoms with Gasteiger partial charge in [-0.1, -0.05) is 18.2 Å². The number of para-hydroxylation sites is 1. The standard InChI is InChI=1S/C14H10O3/c15-9-11-6-12(10-16)8-14(7-11)17-13-4-2-1-3-5-13/h1-10H. The van der Waals surface area contributed by atoms with E-state index in [0.717, 1.165) is 0 Å². The van der Waals surface area contributed by atoms with E-state index in [0.29, 0.717) is 35.2 Å². The third kappa shape index (κ3) is 2.78. The summed E-state index contributed by atoms with van der Waals surface area (Å²) in [7, 11) is 0. The lowest BCUT2D eigenvalue weighted by atomic mass is 10.1. The summed E-state index contributed by atoms with van der Waals surface area (Å²) in [6.07, 6.45) is 1.37. The molecule has 0 radical (unpaired) electrons. The van der Waals surface area contributed by atoms with Crippen LogP contribution in [0.15, 0.2) is 48.5 Å². The maximum Gasteiger partial charge on any atom is 0.150 e. The summed E-state index contributed by atoms with van der Waals surface area (Å²) in [5.74, 6) is 1.13. The van der Waals surface area contributed by atoms with Crippen LogP contribution >= 0.6 is 0 Å². The van der Waals surface area contributed by atoms with E-state index in [-0.39, 0.29) is 0 Å². The Balaban J connectivity index is 2.32. The second-order valence-corrected chi connectivity index (χ2v) is 3.49.